The molecule has 0 radical (unpaired) electrons. The Hall–Kier alpha value is -2.73. The number of esters is 1. The molecule has 1 amide bonds. The Kier molecular flexibility index (Phi) is 7.57. The monoisotopic (exact) mass is 409 g/mol. The molecule has 6 heteroatoms. The highest BCUT2D eigenvalue weighted by Gasteiger charge is 2.20. The number of para-hydroxylation sites is 1. The molecule has 0 saturated heterocycles. The van der Waals surface area contributed by atoms with E-state index < -0.39 is 5.97 Å². The van der Waals surface area contributed by atoms with Crippen molar-refractivity contribution in [1.82, 2.24) is 9.88 Å². The maximum atomic E-state index is 12.8. The van der Waals surface area contributed by atoms with Gasteiger partial charge in [-0.15, -0.1) is 0 Å². The molecular weight excluding hydrogens is 378 g/mol. The average Bonchev–Trinajstić information content (AvgIpc) is 2.75. The average molecular weight is 410 g/mol. The second-order valence-corrected chi connectivity index (χ2v) is 7.87. The fourth-order valence-corrected chi connectivity index (χ4v) is 4.00. The Labute approximate surface area is 178 Å². The van der Waals surface area contributed by atoms with Crippen LogP contribution in [0.1, 0.15) is 71.1 Å². The third-order valence-electron chi connectivity index (χ3n) is 5.70. The zero-order valence-electron chi connectivity index (χ0n) is 18.1. The fraction of sp³-hybridized carbons (Fsp3) is 0.458. The van der Waals surface area contributed by atoms with Gasteiger partial charge in [-0.05, 0) is 57.5 Å². The lowest BCUT2D eigenvalue weighted by molar-refractivity contribution is 0.0524. The van der Waals surface area contributed by atoms with Crippen molar-refractivity contribution in [1.29, 1.82) is 0 Å². The Balaban J connectivity index is 1.71. The minimum atomic E-state index is -0.425. The lowest BCUT2D eigenvalue weighted by Gasteiger charge is -2.31. The summed E-state index contributed by atoms with van der Waals surface area (Å²) in [4.78, 5) is 31.5. The Morgan fingerprint density at radius 2 is 1.87 bits per heavy atom. The van der Waals surface area contributed by atoms with Crippen molar-refractivity contribution in [2.45, 2.75) is 58.5 Å². The van der Waals surface area contributed by atoms with Gasteiger partial charge in [0.25, 0.3) is 5.91 Å². The quantitative estimate of drug-likeness (QED) is 0.678. The van der Waals surface area contributed by atoms with Crippen LogP contribution in [0.15, 0.2) is 36.4 Å². The summed E-state index contributed by atoms with van der Waals surface area (Å²) in [5, 5.41) is 2.99. The van der Waals surface area contributed by atoms with Crippen LogP contribution in [0.4, 0.5) is 5.69 Å². The maximum Gasteiger partial charge on any atom is 0.339 e. The van der Waals surface area contributed by atoms with Crippen molar-refractivity contribution in [2.24, 2.45) is 0 Å². The number of hydrogen-bond donors (Lipinski definition) is 1. The van der Waals surface area contributed by atoms with E-state index in [1.54, 1.807) is 26.0 Å². The molecule has 6 nitrogen and oxygen atoms in total. The largest absolute Gasteiger partial charge is 0.462 e. The van der Waals surface area contributed by atoms with E-state index in [2.05, 4.69) is 28.3 Å². The van der Waals surface area contributed by atoms with E-state index in [-0.39, 0.29) is 11.6 Å². The van der Waals surface area contributed by atoms with Gasteiger partial charge in [-0.2, -0.15) is 0 Å². The molecule has 0 atom stereocenters. The Bertz CT molecular complexity index is 891. The van der Waals surface area contributed by atoms with Gasteiger partial charge >= 0.3 is 5.97 Å². The number of aryl methyl sites for hydroxylation is 1. The lowest BCUT2D eigenvalue weighted by atomic mass is 9.94. The number of nitrogens with zero attached hydrogens (tertiary/aromatic N) is 2. The van der Waals surface area contributed by atoms with Gasteiger partial charge in [-0.1, -0.05) is 37.5 Å². The first-order chi connectivity index (χ1) is 14.5. The van der Waals surface area contributed by atoms with Gasteiger partial charge in [0.15, 0.2) is 0 Å². The molecule has 1 saturated carbocycles. The van der Waals surface area contributed by atoms with Crippen molar-refractivity contribution in [2.75, 3.05) is 19.0 Å². The summed E-state index contributed by atoms with van der Waals surface area (Å²) >= 11 is 0. The fourth-order valence-electron chi connectivity index (χ4n) is 4.00. The predicted molar refractivity (Wildman–Crippen MR) is 118 cm³/mol. The zero-order chi connectivity index (χ0) is 21.5. The number of ether oxygens (including phenoxy) is 1. The molecule has 2 aromatic rings. The topological polar surface area (TPSA) is 71.5 Å². The summed E-state index contributed by atoms with van der Waals surface area (Å²) in [6.07, 6.45) is 6.39. The van der Waals surface area contributed by atoms with Gasteiger partial charge in [0, 0.05) is 18.3 Å². The van der Waals surface area contributed by atoms with Crippen LogP contribution in [-0.2, 0) is 11.3 Å². The summed E-state index contributed by atoms with van der Waals surface area (Å²) in [5.74, 6) is -0.716. The number of benzene rings is 1. The first-order valence-corrected chi connectivity index (χ1v) is 10.7. The van der Waals surface area contributed by atoms with E-state index in [1.807, 2.05) is 18.2 Å². The number of amides is 1. The molecule has 160 valence electrons. The molecule has 1 aliphatic carbocycles. The summed E-state index contributed by atoms with van der Waals surface area (Å²) < 4.78 is 5.02. The molecule has 1 N–H and O–H groups in total. The molecular formula is C24H31N3O3. The summed E-state index contributed by atoms with van der Waals surface area (Å²) in [7, 11) is 2.16. The molecule has 1 heterocycles. The van der Waals surface area contributed by atoms with E-state index >= 15 is 0 Å². The Morgan fingerprint density at radius 3 is 2.57 bits per heavy atom. The number of aromatic nitrogens is 1. The molecule has 0 aliphatic heterocycles. The number of carbonyl (C=O) groups is 2. The van der Waals surface area contributed by atoms with Crippen molar-refractivity contribution in [3.8, 4) is 0 Å². The summed E-state index contributed by atoms with van der Waals surface area (Å²) in [6.45, 7) is 4.55. The molecule has 1 aliphatic rings. The first-order valence-electron chi connectivity index (χ1n) is 10.7. The van der Waals surface area contributed by atoms with Gasteiger partial charge in [0.05, 0.1) is 17.9 Å². The molecule has 1 fully saturated rings. The van der Waals surface area contributed by atoms with Crippen LogP contribution in [0, 0.1) is 6.92 Å². The van der Waals surface area contributed by atoms with Crippen molar-refractivity contribution >= 4 is 17.6 Å². The third kappa shape index (κ3) is 5.45. The van der Waals surface area contributed by atoms with E-state index in [4.69, 9.17) is 4.74 Å². The van der Waals surface area contributed by atoms with Crippen molar-refractivity contribution < 1.29 is 14.3 Å². The van der Waals surface area contributed by atoms with Crippen molar-refractivity contribution in [3.05, 3.63) is 58.9 Å². The number of rotatable bonds is 7. The van der Waals surface area contributed by atoms with E-state index in [9.17, 15) is 9.59 Å². The minimum Gasteiger partial charge on any atom is -0.462 e. The standard InChI is InChI=1S/C24H31N3O3/c1-4-30-24(29)20-14-15-22(25-17(20)2)23(28)26-21-13-9-8-10-18(21)16-27(3)19-11-6-5-7-12-19/h8-10,13-15,19H,4-7,11-12,16H2,1-3H3,(H,26,28). The number of pyridine rings is 1. The molecule has 1 aromatic carbocycles. The zero-order valence-corrected chi connectivity index (χ0v) is 18.1. The number of anilines is 1. The maximum absolute atomic E-state index is 12.8. The molecule has 0 unspecified atom stereocenters. The Morgan fingerprint density at radius 1 is 1.13 bits per heavy atom. The van der Waals surface area contributed by atoms with E-state index in [0.29, 0.717) is 23.9 Å². The highest BCUT2D eigenvalue weighted by Crippen LogP contribution is 2.25. The van der Waals surface area contributed by atoms with Gasteiger partial charge in [-0.25, -0.2) is 9.78 Å². The summed E-state index contributed by atoms with van der Waals surface area (Å²) in [5.41, 5.74) is 3.00. The molecule has 3 rings (SSSR count). The molecule has 1 aromatic heterocycles. The third-order valence-corrected chi connectivity index (χ3v) is 5.70. The normalized spacial score (nSPS) is 14.5. The van der Waals surface area contributed by atoms with Crippen molar-refractivity contribution in [3.63, 3.8) is 0 Å². The first kappa shape index (κ1) is 22.0. The van der Waals surface area contributed by atoms with Gasteiger partial charge in [0.2, 0.25) is 0 Å². The number of hydrogen-bond acceptors (Lipinski definition) is 5. The second-order valence-electron chi connectivity index (χ2n) is 7.87. The lowest BCUT2D eigenvalue weighted by Crippen LogP contribution is -2.33. The highest BCUT2D eigenvalue weighted by atomic mass is 16.5. The van der Waals surface area contributed by atoms with Gasteiger partial charge < -0.3 is 10.1 Å². The van der Waals surface area contributed by atoms with Crippen LogP contribution in [-0.4, -0.2) is 41.5 Å². The van der Waals surface area contributed by atoms with Crippen LogP contribution in [0.25, 0.3) is 0 Å². The van der Waals surface area contributed by atoms with Gasteiger partial charge in [-0.3, -0.25) is 9.69 Å². The van der Waals surface area contributed by atoms with Crippen LogP contribution in [0.3, 0.4) is 0 Å². The van der Waals surface area contributed by atoms with Crippen LogP contribution < -0.4 is 5.32 Å². The highest BCUT2D eigenvalue weighted by molar-refractivity contribution is 6.03. The molecule has 0 bridgehead atoms. The van der Waals surface area contributed by atoms with Crippen LogP contribution in [0.2, 0.25) is 0 Å². The van der Waals surface area contributed by atoms with Gasteiger partial charge in [0.1, 0.15) is 5.69 Å². The van der Waals surface area contributed by atoms with E-state index in [1.165, 1.54) is 32.1 Å². The second kappa shape index (κ2) is 10.3. The number of nitrogens with one attached hydrogen (secondary N) is 1. The predicted octanol–water partition coefficient (Wildman–Crippen LogP) is 4.58. The van der Waals surface area contributed by atoms with E-state index in [0.717, 1.165) is 17.8 Å². The van der Waals surface area contributed by atoms with Crippen LogP contribution >= 0.6 is 0 Å². The molecule has 30 heavy (non-hydrogen) atoms. The van der Waals surface area contributed by atoms with Crippen LogP contribution in [0.5, 0.6) is 0 Å². The smallest absolute Gasteiger partial charge is 0.339 e. The number of carbonyl (C=O) groups excluding carboxylic acids is 2. The minimum absolute atomic E-state index is 0.274. The summed E-state index contributed by atoms with van der Waals surface area (Å²) in [6, 6.07) is 11.6. The molecule has 0 spiro atoms. The SMILES string of the molecule is CCOC(=O)c1ccc(C(=O)Nc2ccccc2CN(C)C2CCCCC2)nc1C.